The molecule has 1 aliphatic heterocycles. The van der Waals surface area contributed by atoms with E-state index in [0.717, 1.165) is 16.7 Å². The largest absolute Gasteiger partial charge is 0.493 e. The van der Waals surface area contributed by atoms with Crippen LogP contribution in [-0.4, -0.2) is 36.7 Å². The number of methoxy groups -OCH3 is 1. The van der Waals surface area contributed by atoms with E-state index in [1.54, 1.807) is 25.3 Å². The summed E-state index contributed by atoms with van der Waals surface area (Å²) >= 11 is 0. The van der Waals surface area contributed by atoms with Gasteiger partial charge in [-0.3, -0.25) is 4.79 Å². The summed E-state index contributed by atoms with van der Waals surface area (Å²) in [5, 5.41) is 0. The van der Waals surface area contributed by atoms with Crippen molar-refractivity contribution in [3.8, 4) is 11.5 Å². The second-order valence-corrected chi connectivity index (χ2v) is 7.62. The summed E-state index contributed by atoms with van der Waals surface area (Å²) in [5.74, 6) is 0.832. The summed E-state index contributed by atoms with van der Waals surface area (Å²) in [6.45, 7) is 0.583. The number of carbonyl (C=O) groups excluding carboxylic acids is 2. The van der Waals surface area contributed by atoms with Crippen molar-refractivity contribution in [2.24, 2.45) is 0 Å². The number of carbonyl (C=O) groups is 2. The van der Waals surface area contributed by atoms with Gasteiger partial charge in [0.2, 0.25) is 5.91 Å². The molecule has 1 fully saturated rings. The Morgan fingerprint density at radius 2 is 1.62 bits per heavy atom. The molecule has 164 valence electrons. The van der Waals surface area contributed by atoms with Gasteiger partial charge in [0.15, 0.2) is 11.5 Å². The predicted octanol–water partition coefficient (Wildman–Crippen LogP) is 4.41. The van der Waals surface area contributed by atoms with E-state index in [1.807, 2.05) is 60.7 Å². The molecule has 6 heteroatoms. The summed E-state index contributed by atoms with van der Waals surface area (Å²) in [4.78, 5) is 26.5. The quantitative estimate of drug-likeness (QED) is 0.529. The zero-order valence-corrected chi connectivity index (χ0v) is 17.9. The van der Waals surface area contributed by atoms with Gasteiger partial charge in [-0.25, -0.2) is 9.69 Å². The fourth-order valence-corrected chi connectivity index (χ4v) is 3.74. The van der Waals surface area contributed by atoms with Gasteiger partial charge < -0.3 is 14.2 Å². The lowest BCUT2D eigenvalue weighted by Gasteiger charge is -2.20. The van der Waals surface area contributed by atoms with Crippen LogP contribution in [0, 0.1) is 0 Å². The lowest BCUT2D eigenvalue weighted by atomic mass is 10.0. The first-order chi connectivity index (χ1) is 15.6. The average molecular weight is 431 g/mol. The van der Waals surface area contributed by atoms with Crippen LogP contribution in [0.1, 0.15) is 16.7 Å². The second-order valence-electron chi connectivity index (χ2n) is 7.62. The summed E-state index contributed by atoms with van der Waals surface area (Å²) in [6, 6.07) is 24.6. The Morgan fingerprint density at radius 3 is 2.31 bits per heavy atom. The van der Waals surface area contributed by atoms with Gasteiger partial charge in [0.05, 0.1) is 19.6 Å². The molecule has 1 saturated heterocycles. The first-order valence-electron chi connectivity index (χ1n) is 10.5. The van der Waals surface area contributed by atoms with Crippen LogP contribution in [0.4, 0.5) is 4.79 Å². The Bertz CT molecular complexity index is 1070. The monoisotopic (exact) mass is 431 g/mol. The number of benzene rings is 3. The minimum Gasteiger partial charge on any atom is -0.493 e. The van der Waals surface area contributed by atoms with E-state index in [1.165, 1.54) is 4.90 Å². The lowest BCUT2D eigenvalue weighted by molar-refractivity contribution is -0.128. The van der Waals surface area contributed by atoms with Crippen LogP contribution in [0.5, 0.6) is 11.5 Å². The fourth-order valence-electron chi connectivity index (χ4n) is 3.74. The number of rotatable bonds is 8. The van der Waals surface area contributed by atoms with Crippen LogP contribution >= 0.6 is 0 Å². The average Bonchev–Trinajstić information content (AvgIpc) is 3.19. The summed E-state index contributed by atoms with van der Waals surface area (Å²) in [5.41, 5.74) is 2.81. The van der Waals surface area contributed by atoms with Gasteiger partial charge in [0.25, 0.3) is 0 Å². The molecule has 32 heavy (non-hydrogen) atoms. The number of ether oxygens (including phenoxy) is 3. The molecule has 0 saturated carbocycles. The molecule has 0 unspecified atom stereocenters. The van der Waals surface area contributed by atoms with Crippen molar-refractivity contribution >= 4 is 12.0 Å². The number of hydrogen-bond donors (Lipinski definition) is 0. The van der Waals surface area contributed by atoms with Gasteiger partial charge in [0, 0.05) is 0 Å². The molecule has 0 radical (unpaired) electrons. The van der Waals surface area contributed by atoms with Gasteiger partial charge in [-0.05, 0) is 35.2 Å². The highest BCUT2D eigenvalue weighted by molar-refractivity contribution is 5.94. The molecule has 1 atom stereocenters. The number of nitrogens with zero attached hydrogens (tertiary/aromatic N) is 1. The van der Waals surface area contributed by atoms with Gasteiger partial charge in [-0.2, -0.15) is 0 Å². The molecule has 6 nitrogen and oxygen atoms in total. The van der Waals surface area contributed by atoms with Crippen molar-refractivity contribution in [1.29, 1.82) is 0 Å². The molecule has 3 aromatic rings. The van der Waals surface area contributed by atoms with Gasteiger partial charge >= 0.3 is 6.09 Å². The van der Waals surface area contributed by atoms with Gasteiger partial charge in [0.1, 0.15) is 13.2 Å². The lowest BCUT2D eigenvalue weighted by Crippen LogP contribution is -2.41. The van der Waals surface area contributed by atoms with Crippen molar-refractivity contribution in [2.45, 2.75) is 25.5 Å². The van der Waals surface area contributed by atoms with Crippen molar-refractivity contribution in [2.75, 3.05) is 13.7 Å². The minimum absolute atomic E-state index is 0.0616. The Balaban J connectivity index is 1.46. The van der Waals surface area contributed by atoms with Gasteiger partial charge in [-0.1, -0.05) is 66.7 Å². The normalized spacial score (nSPS) is 15.3. The molecular formula is C26H25NO5. The van der Waals surface area contributed by atoms with Crippen molar-refractivity contribution in [3.63, 3.8) is 0 Å². The summed E-state index contributed by atoms with van der Waals surface area (Å²) < 4.78 is 16.5. The van der Waals surface area contributed by atoms with E-state index in [4.69, 9.17) is 14.2 Å². The maximum Gasteiger partial charge on any atom is 0.416 e. The molecular weight excluding hydrogens is 406 g/mol. The van der Waals surface area contributed by atoms with Crippen LogP contribution in [0.15, 0.2) is 78.9 Å². The first kappa shape index (κ1) is 21.4. The zero-order valence-electron chi connectivity index (χ0n) is 17.9. The molecule has 3 aromatic carbocycles. The molecule has 1 aliphatic rings. The van der Waals surface area contributed by atoms with Crippen molar-refractivity contribution in [1.82, 2.24) is 4.90 Å². The molecule has 0 N–H and O–H groups in total. The third-order valence-corrected chi connectivity index (χ3v) is 5.36. The maximum atomic E-state index is 13.0. The zero-order chi connectivity index (χ0) is 22.3. The van der Waals surface area contributed by atoms with E-state index in [-0.39, 0.29) is 25.0 Å². The van der Waals surface area contributed by atoms with E-state index in [2.05, 4.69) is 0 Å². The SMILES string of the molecule is COc1ccc(CC(=O)N2C(=O)OC[C@@H]2Cc2ccccc2)cc1OCc1ccccc1. The third kappa shape index (κ3) is 5.09. The predicted molar refractivity (Wildman–Crippen MR) is 120 cm³/mol. The number of imide groups is 1. The van der Waals surface area contributed by atoms with E-state index >= 15 is 0 Å². The summed E-state index contributed by atoms with van der Waals surface area (Å²) in [6.07, 6.45) is 0.0309. The number of hydrogen-bond acceptors (Lipinski definition) is 5. The van der Waals surface area contributed by atoms with Crippen LogP contribution < -0.4 is 9.47 Å². The van der Waals surface area contributed by atoms with Crippen molar-refractivity contribution in [3.05, 3.63) is 95.6 Å². The molecule has 4 rings (SSSR count). The van der Waals surface area contributed by atoms with E-state index in [9.17, 15) is 9.59 Å². The second kappa shape index (κ2) is 10.0. The Morgan fingerprint density at radius 1 is 0.938 bits per heavy atom. The molecule has 1 heterocycles. The molecule has 0 aliphatic carbocycles. The van der Waals surface area contributed by atoms with Crippen LogP contribution in [0.2, 0.25) is 0 Å². The molecule has 0 aromatic heterocycles. The Kier molecular flexibility index (Phi) is 6.70. The van der Waals surface area contributed by atoms with Crippen LogP contribution in [-0.2, 0) is 29.0 Å². The first-order valence-corrected chi connectivity index (χ1v) is 10.5. The highest BCUT2D eigenvalue weighted by atomic mass is 16.6. The van der Waals surface area contributed by atoms with Crippen LogP contribution in [0.25, 0.3) is 0 Å². The van der Waals surface area contributed by atoms with E-state index in [0.29, 0.717) is 24.5 Å². The fraction of sp³-hybridized carbons (Fsp3) is 0.231. The van der Waals surface area contributed by atoms with Gasteiger partial charge in [-0.15, -0.1) is 0 Å². The minimum atomic E-state index is -0.593. The maximum absolute atomic E-state index is 13.0. The molecule has 2 amide bonds. The van der Waals surface area contributed by atoms with E-state index < -0.39 is 6.09 Å². The Labute approximate surface area is 187 Å². The smallest absolute Gasteiger partial charge is 0.416 e. The number of amides is 2. The summed E-state index contributed by atoms with van der Waals surface area (Å²) in [7, 11) is 1.57. The standard InChI is InChI=1S/C26H25NO5/c1-30-23-13-12-21(15-24(23)31-17-20-10-6-3-7-11-20)16-25(28)27-22(18-32-26(27)29)14-19-8-4-2-5-9-19/h2-13,15,22H,14,16-18H2,1H3/t22-/m0/s1. The number of cyclic esters (lactones) is 1. The Hall–Kier alpha value is -3.80. The van der Waals surface area contributed by atoms with Crippen LogP contribution in [0.3, 0.4) is 0 Å². The highest BCUT2D eigenvalue weighted by Gasteiger charge is 2.37. The third-order valence-electron chi connectivity index (χ3n) is 5.36. The topological polar surface area (TPSA) is 65.1 Å². The molecule has 0 spiro atoms. The van der Waals surface area contributed by atoms with Crippen molar-refractivity contribution < 1.29 is 23.8 Å². The molecule has 0 bridgehead atoms. The highest BCUT2D eigenvalue weighted by Crippen LogP contribution is 2.29.